The summed E-state index contributed by atoms with van der Waals surface area (Å²) in [6.45, 7) is 12.9. The van der Waals surface area contributed by atoms with Crippen LogP contribution >= 0.6 is 0 Å². The molecule has 5 heteroatoms. The fraction of sp³-hybridized carbons (Fsp3) is 0.667. The molecule has 0 aromatic heterocycles. The molecule has 148 valence electrons. The predicted octanol–water partition coefficient (Wildman–Crippen LogP) is 5.36. The van der Waals surface area contributed by atoms with E-state index in [-0.39, 0.29) is 11.0 Å². The fourth-order valence-corrected chi connectivity index (χ4v) is 3.32. The Morgan fingerprint density at radius 3 is 2.19 bits per heavy atom. The van der Waals surface area contributed by atoms with Crippen LogP contribution in [0.2, 0.25) is 18.1 Å². The van der Waals surface area contributed by atoms with Gasteiger partial charge in [-0.05, 0) is 61.5 Å². The Labute approximate surface area is 160 Å². The fourth-order valence-electron chi connectivity index (χ4n) is 2.23. The van der Waals surface area contributed by atoms with E-state index in [0.29, 0.717) is 13.0 Å². The van der Waals surface area contributed by atoms with Gasteiger partial charge in [-0.1, -0.05) is 32.9 Å². The number of benzene rings is 1. The average Bonchev–Trinajstić information content (AvgIpc) is 2.58. The minimum absolute atomic E-state index is 0.150. The van der Waals surface area contributed by atoms with Crippen LogP contribution in [0.1, 0.15) is 52.0 Å². The smallest absolute Gasteiger partial charge is 0.305 e. The monoisotopic (exact) mass is 380 g/mol. The minimum atomic E-state index is -1.63. The molecule has 0 spiro atoms. The second kappa shape index (κ2) is 10.7. The Balaban J connectivity index is 2.19. The molecule has 0 amide bonds. The van der Waals surface area contributed by atoms with Gasteiger partial charge in [-0.3, -0.25) is 4.79 Å². The van der Waals surface area contributed by atoms with E-state index in [1.165, 1.54) is 12.7 Å². The molecule has 0 bridgehead atoms. The Hall–Kier alpha value is -1.33. The summed E-state index contributed by atoms with van der Waals surface area (Å²) in [4.78, 5) is 11.1. The van der Waals surface area contributed by atoms with Gasteiger partial charge in [0.05, 0.1) is 13.7 Å². The number of esters is 1. The number of carbonyl (C=O) groups is 1. The van der Waals surface area contributed by atoms with Crippen molar-refractivity contribution in [2.45, 2.75) is 71.0 Å². The molecule has 0 heterocycles. The molecule has 0 aliphatic rings. The molecular weight excluding hydrogens is 344 g/mol. The first-order valence-electron chi connectivity index (χ1n) is 9.58. The molecular formula is C21H36O4Si. The van der Waals surface area contributed by atoms with Crippen LogP contribution in [0, 0.1) is 0 Å². The Morgan fingerprint density at radius 2 is 1.62 bits per heavy atom. The van der Waals surface area contributed by atoms with Gasteiger partial charge in [0, 0.05) is 13.0 Å². The largest absolute Gasteiger partial charge is 0.494 e. The summed E-state index contributed by atoms with van der Waals surface area (Å²) < 4.78 is 16.6. The molecule has 0 N–H and O–H groups in total. The van der Waals surface area contributed by atoms with Gasteiger partial charge in [0.25, 0.3) is 0 Å². The topological polar surface area (TPSA) is 44.8 Å². The highest BCUT2D eigenvalue weighted by atomic mass is 28.4. The highest BCUT2D eigenvalue weighted by Gasteiger charge is 2.36. The highest BCUT2D eigenvalue weighted by molar-refractivity contribution is 6.74. The molecule has 0 radical (unpaired) electrons. The second-order valence-electron chi connectivity index (χ2n) is 8.24. The van der Waals surface area contributed by atoms with Crippen molar-refractivity contribution in [2.75, 3.05) is 20.3 Å². The third kappa shape index (κ3) is 8.36. The number of rotatable bonds is 11. The number of ether oxygens (including phenoxy) is 2. The predicted molar refractivity (Wildman–Crippen MR) is 109 cm³/mol. The Morgan fingerprint density at radius 1 is 1.00 bits per heavy atom. The van der Waals surface area contributed by atoms with E-state index < -0.39 is 8.32 Å². The lowest BCUT2D eigenvalue weighted by Crippen LogP contribution is -2.41. The molecule has 0 fully saturated rings. The number of aryl methyl sites for hydroxylation is 1. The van der Waals surface area contributed by atoms with E-state index in [0.717, 1.165) is 38.0 Å². The van der Waals surface area contributed by atoms with Gasteiger partial charge in [-0.25, -0.2) is 0 Å². The van der Waals surface area contributed by atoms with Crippen LogP contribution in [0.5, 0.6) is 5.75 Å². The van der Waals surface area contributed by atoms with Crippen molar-refractivity contribution < 1.29 is 18.7 Å². The van der Waals surface area contributed by atoms with Gasteiger partial charge in [-0.2, -0.15) is 0 Å². The summed E-state index contributed by atoms with van der Waals surface area (Å²) >= 11 is 0. The van der Waals surface area contributed by atoms with Gasteiger partial charge < -0.3 is 13.9 Å². The maximum atomic E-state index is 11.1. The van der Waals surface area contributed by atoms with E-state index >= 15 is 0 Å². The molecule has 0 atom stereocenters. The van der Waals surface area contributed by atoms with Crippen molar-refractivity contribution in [2.24, 2.45) is 0 Å². The van der Waals surface area contributed by atoms with E-state index in [1.807, 2.05) is 12.1 Å². The van der Waals surface area contributed by atoms with Crippen LogP contribution in [-0.4, -0.2) is 34.6 Å². The van der Waals surface area contributed by atoms with Gasteiger partial charge in [-0.15, -0.1) is 0 Å². The summed E-state index contributed by atoms with van der Waals surface area (Å²) in [5.41, 5.74) is 1.21. The first-order valence-corrected chi connectivity index (χ1v) is 12.5. The molecule has 4 nitrogen and oxygen atoms in total. The van der Waals surface area contributed by atoms with Crippen molar-refractivity contribution in [3.8, 4) is 5.75 Å². The Bertz CT molecular complexity index is 532. The lowest BCUT2D eigenvalue weighted by molar-refractivity contribution is -0.140. The van der Waals surface area contributed by atoms with Crippen LogP contribution in [-0.2, 0) is 20.4 Å². The van der Waals surface area contributed by atoms with Crippen LogP contribution in [0.25, 0.3) is 0 Å². The summed E-state index contributed by atoms with van der Waals surface area (Å²) in [7, 11) is -0.201. The number of carbonyl (C=O) groups excluding carboxylic acids is 1. The standard InChI is InChI=1S/C21H36O4Si/c1-21(2,3)26(5,6)25-17-8-7-16-24-19-14-12-18(13-15-19)10-9-11-20(22)23-4/h12-15H,7-11,16-17H2,1-6H3. The molecule has 0 aliphatic carbocycles. The molecule has 0 saturated carbocycles. The lowest BCUT2D eigenvalue weighted by atomic mass is 10.1. The van der Waals surface area contributed by atoms with Crippen LogP contribution in [0.15, 0.2) is 24.3 Å². The maximum absolute atomic E-state index is 11.1. The van der Waals surface area contributed by atoms with Gasteiger partial charge in [0.1, 0.15) is 5.75 Å². The molecule has 1 rings (SSSR count). The molecule has 26 heavy (non-hydrogen) atoms. The average molecular weight is 381 g/mol. The summed E-state index contributed by atoms with van der Waals surface area (Å²) in [6, 6.07) is 8.12. The number of methoxy groups -OCH3 is 1. The molecule has 0 aliphatic heterocycles. The van der Waals surface area contributed by atoms with Crippen molar-refractivity contribution in [3.63, 3.8) is 0 Å². The third-order valence-electron chi connectivity index (χ3n) is 5.07. The molecule has 1 aromatic rings. The van der Waals surface area contributed by atoms with Crippen LogP contribution < -0.4 is 4.74 Å². The van der Waals surface area contributed by atoms with Crippen molar-refractivity contribution in [1.82, 2.24) is 0 Å². The van der Waals surface area contributed by atoms with E-state index in [2.05, 4.69) is 50.7 Å². The van der Waals surface area contributed by atoms with Gasteiger partial charge in [0.15, 0.2) is 8.32 Å². The molecule has 0 unspecified atom stereocenters. The van der Waals surface area contributed by atoms with Crippen molar-refractivity contribution >= 4 is 14.3 Å². The van der Waals surface area contributed by atoms with Gasteiger partial charge in [0.2, 0.25) is 0 Å². The zero-order valence-corrected chi connectivity index (χ0v) is 18.4. The zero-order valence-electron chi connectivity index (χ0n) is 17.4. The number of hydrogen-bond donors (Lipinski definition) is 0. The summed E-state index contributed by atoms with van der Waals surface area (Å²) in [5.74, 6) is 0.745. The lowest BCUT2D eigenvalue weighted by Gasteiger charge is -2.36. The minimum Gasteiger partial charge on any atom is -0.494 e. The zero-order chi connectivity index (χ0) is 19.6. The maximum Gasteiger partial charge on any atom is 0.305 e. The van der Waals surface area contributed by atoms with Gasteiger partial charge >= 0.3 is 5.97 Å². The van der Waals surface area contributed by atoms with Crippen molar-refractivity contribution in [3.05, 3.63) is 29.8 Å². The SMILES string of the molecule is COC(=O)CCCc1ccc(OCCCCO[Si](C)(C)C(C)(C)C)cc1. The van der Waals surface area contributed by atoms with Crippen molar-refractivity contribution in [1.29, 1.82) is 0 Å². The highest BCUT2D eigenvalue weighted by Crippen LogP contribution is 2.36. The summed E-state index contributed by atoms with van der Waals surface area (Å²) in [5, 5.41) is 0.266. The number of unbranched alkanes of at least 4 members (excludes halogenated alkanes) is 1. The van der Waals surface area contributed by atoms with Crippen LogP contribution in [0.3, 0.4) is 0 Å². The van der Waals surface area contributed by atoms with E-state index in [9.17, 15) is 4.79 Å². The Kier molecular flexibility index (Phi) is 9.37. The first kappa shape index (κ1) is 22.7. The quantitative estimate of drug-likeness (QED) is 0.294. The van der Waals surface area contributed by atoms with E-state index in [4.69, 9.17) is 9.16 Å². The second-order valence-corrected chi connectivity index (χ2v) is 13.0. The molecule has 1 aromatic carbocycles. The summed E-state index contributed by atoms with van der Waals surface area (Å²) in [6.07, 6.45) is 4.17. The molecule has 0 saturated heterocycles. The van der Waals surface area contributed by atoms with Crippen LogP contribution in [0.4, 0.5) is 0 Å². The normalized spacial score (nSPS) is 12.1. The van der Waals surface area contributed by atoms with E-state index in [1.54, 1.807) is 0 Å². The number of hydrogen-bond acceptors (Lipinski definition) is 4. The third-order valence-corrected chi connectivity index (χ3v) is 9.61. The first-order chi connectivity index (χ1) is 12.2.